The predicted molar refractivity (Wildman–Crippen MR) is 199 cm³/mol. The van der Waals surface area contributed by atoms with E-state index in [-0.39, 0.29) is 0 Å². The van der Waals surface area contributed by atoms with Gasteiger partial charge in [0.1, 0.15) is 0 Å². The van der Waals surface area contributed by atoms with Crippen LogP contribution < -0.4 is 53.2 Å². The van der Waals surface area contributed by atoms with Crippen LogP contribution in [0.4, 0.5) is 0 Å². The summed E-state index contributed by atoms with van der Waals surface area (Å²) in [6.45, 7) is 0. The van der Waals surface area contributed by atoms with Crippen molar-refractivity contribution in [2.45, 2.75) is 249 Å². The molecule has 0 saturated carbocycles. The highest BCUT2D eigenvalue weighted by molar-refractivity contribution is 5.20. The smallest absolute Gasteiger partial charge is 0.0395 e. The van der Waals surface area contributed by atoms with E-state index in [0.29, 0.717) is 96.7 Å². The monoisotopic (exact) mass is 691 g/mol. The van der Waals surface area contributed by atoms with Crippen molar-refractivity contribution in [3.63, 3.8) is 0 Å². The fourth-order valence-electron chi connectivity index (χ4n) is 14.4. The molecule has 10 nitrogen and oxygen atoms in total. The van der Waals surface area contributed by atoms with Gasteiger partial charge in [0.05, 0.1) is 0 Å². The molecule has 11 fully saturated rings. The minimum Gasteiger partial charge on any atom is -0.311 e. The third-order valence-electron chi connectivity index (χ3n) is 16.6. The minimum atomic E-state index is 0.504. The molecule has 10 heteroatoms. The maximum Gasteiger partial charge on any atom is 0.0395 e. The first-order valence-electron chi connectivity index (χ1n) is 22.2. The summed E-state index contributed by atoms with van der Waals surface area (Å²) < 4.78 is 0. The molecule has 11 aliphatic heterocycles. The number of piperazine rings is 1. The second kappa shape index (κ2) is 13.7. The van der Waals surface area contributed by atoms with Crippen LogP contribution in [0.2, 0.25) is 0 Å². The number of nitrogens with one attached hydrogen (secondary N) is 10. The van der Waals surface area contributed by atoms with Crippen LogP contribution in [-0.4, -0.2) is 121 Å². The van der Waals surface area contributed by atoms with Gasteiger partial charge in [-0.15, -0.1) is 0 Å². The Hall–Kier alpha value is -0.400. The average molecular weight is 691 g/mol. The fourth-order valence-corrected chi connectivity index (χ4v) is 14.4. The quantitative estimate of drug-likeness (QED) is 0.182. The highest BCUT2D eigenvalue weighted by Gasteiger charge is 2.56. The van der Waals surface area contributed by atoms with Crippen LogP contribution in [0, 0.1) is 0 Å². The third-order valence-corrected chi connectivity index (χ3v) is 16.6. The lowest BCUT2D eigenvalue weighted by molar-refractivity contribution is 0.197. The van der Waals surface area contributed by atoms with E-state index in [0.717, 1.165) is 24.2 Å². The van der Waals surface area contributed by atoms with E-state index in [1.165, 1.54) is 128 Å². The molecule has 0 aromatic carbocycles. The van der Waals surface area contributed by atoms with E-state index < -0.39 is 0 Å². The van der Waals surface area contributed by atoms with Crippen molar-refractivity contribution < 1.29 is 0 Å². The zero-order valence-electron chi connectivity index (χ0n) is 30.7. The molecule has 10 N–H and O–H groups in total. The van der Waals surface area contributed by atoms with Crippen molar-refractivity contribution in [2.75, 3.05) is 0 Å². The summed E-state index contributed by atoms with van der Waals surface area (Å²) in [5.41, 5.74) is 0. The molecular formula is C40H70N10. The number of hydrogen-bond donors (Lipinski definition) is 10. The summed E-state index contributed by atoms with van der Waals surface area (Å²) in [6, 6.07) is 12.4. The molecule has 20 atom stereocenters. The van der Waals surface area contributed by atoms with Crippen LogP contribution in [0.1, 0.15) is 128 Å². The Balaban J connectivity index is 0.847. The number of rotatable bonds is 0. The third kappa shape index (κ3) is 6.55. The maximum absolute atomic E-state index is 4.51. The molecule has 0 spiro atoms. The molecule has 11 heterocycles. The Morgan fingerprint density at radius 1 is 0.180 bits per heavy atom. The van der Waals surface area contributed by atoms with Crippen molar-refractivity contribution in [3.8, 4) is 0 Å². The van der Waals surface area contributed by atoms with Crippen LogP contribution in [0.25, 0.3) is 0 Å². The van der Waals surface area contributed by atoms with E-state index in [2.05, 4.69) is 53.2 Å². The molecular weight excluding hydrogens is 621 g/mol. The summed E-state index contributed by atoms with van der Waals surface area (Å²) in [4.78, 5) is 0. The Labute approximate surface area is 301 Å². The van der Waals surface area contributed by atoms with Crippen molar-refractivity contribution in [2.24, 2.45) is 0 Å². The van der Waals surface area contributed by atoms with E-state index >= 15 is 0 Å². The van der Waals surface area contributed by atoms with E-state index in [9.17, 15) is 0 Å². The lowest BCUT2D eigenvalue weighted by atomic mass is 9.85. The van der Waals surface area contributed by atoms with Crippen LogP contribution in [0.5, 0.6) is 0 Å². The predicted octanol–water partition coefficient (Wildman–Crippen LogP) is 1.21. The maximum atomic E-state index is 4.51. The van der Waals surface area contributed by atoms with Gasteiger partial charge < -0.3 is 53.2 Å². The van der Waals surface area contributed by atoms with Crippen molar-refractivity contribution in [1.29, 1.82) is 0 Å². The van der Waals surface area contributed by atoms with Crippen molar-refractivity contribution >= 4 is 0 Å². The molecule has 0 aliphatic carbocycles. The Morgan fingerprint density at radius 3 is 0.560 bits per heavy atom. The SMILES string of the molecule is C1CC2CC3CCC(CC4NC(CC5CCC(CC1N2)N5)C1NC2C5CC6CCC(CC7CCC(CC8CCC(CC(N5)C2NC41)N8)N7)N6)N3. The van der Waals surface area contributed by atoms with Crippen molar-refractivity contribution in [1.82, 2.24) is 53.2 Å². The van der Waals surface area contributed by atoms with Gasteiger partial charge in [-0.2, -0.15) is 0 Å². The Bertz CT molecular complexity index is 1030. The lowest BCUT2D eigenvalue weighted by Gasteiger charge is -2.43. The lowest BCUT2D eigenvalue weighted by Crippen LogP contribution is -2.70. The zero-order valence-corrected chi connectivity index (χ0v) is 30.7. The van der Waals surface area contributed by atoms with Crippen molar-refractivity contribution in [3.05, 3.63) is 0 Å². The normalized spacial score (nSPS) is 57.6. The highest BCUT2D eigenvalue weighted by Crippen LogP contribution is 2.37. The second-order valence-electron chi connectivity index (χ2n) is 19.9. The molecule has 0 aromatic heterocycles. The summed E-state index contributed by atoms with van der Waals surface area (Å²) in [6.07, 6.45) is 26.7. The topological polar surface area (TPSA) is 120 Å². The number of fused-ring (bicyclic) bond motifs is 22. The molecule has 11 saturated heterocycles. The van der Waals surface area contributed by atoms with Gasteiger partial charge in [0.25, 0.3) is 0 Å². The van der Waals surface area contributed by atoms with Crippen LogP contribution in [-0.2, 0) is 0 Å². The van der Waals surface area contributed by atoms with Crippen LogP contribution >= 0.6 is 0 Å². The molecule has 280 valence electrons. The van der Waals surface area contributed by atoms with Crippen LogP contribution in [0.3, 0.4) is 0 Å². The van der Waals surface area contributed by atoms with Gasteiger partial charge in [0.2, 0.25) is 0 Å². The molecule has 0 radical (unpaired) electrons. The average Bonchev–Trinajstić information content (AvgIpc) is 3.95. The minimum absolute atomic E-state index is 0.504. The molecule has 11 aliphatic rings. The zero-order chi connectivity index (χ0) is 32.8. The molecule has 0 aromatic rings. The molecule has 0 amide bonds. The molecule has 16 bridgehead atoms. The first-order chi connectivity index (χ1) is 24.6. The standard InChI is InChI=1S/C40H70N10/c1-2-22-14-26-6-10-30(44-26)18-34-38-37(33(47-34)17-29-9-5-25(43-29)13-21(1)41-22)49-39-35-19-31-11-7-27(45-31)15-23-3-4-24(42-23)16-28-8-12-32(46-28)20-36(48-35)40(39)50-38/h21-50H,1-20H2. The highest BCUT2D eigenvalue weighted by atomic mass is 15.3. The second-order valence-corrected chi connectivity index (χ2v) is 19.9. The van der Waals surface area contributed by atoms with Gasteiger partial charge >= 0.3 is 0 Å². The van der Waals surface area contributed by atoms with E-state index in [1.54, 1.807) is 0 Å². The fraction of sp³-hybridized carbons (Fsp3) is 1.00. The van der Waals surface area contributed by atoms with E-state index in [4.69, 9.17) is 0 Å². The largest absolute Gasteiger partial charge is 0.311 e. The van der Waals surface area contributed by atoms with Gasteiger partial charge in [0, 0.05) is 121 Å². The van der Waals surface area contributed by atoms with Gasteiger partial charge in [-0.3, -0.25) is 0 Å². The molecule has 50 heavy (non-hydrogen) atoms. The first-order valence-corrected chi connectivity index (χ1v) is 22.2. The summed E-state index contributed by atoms with van der Waals surface area (Å²) in [5, 5.41) is 42.6. The molecule has 20 unspecified atom stereocenters. The van der Waals surface area contributed by atoms with E-state index in [1.807, 2.05) is 0 Å². The summed E-state index contributed by atoms with van der Waals surface area (Å²) >= 11 is 0. The van der Waals surface area contributed by atoms with Crippen LogP contribution in [0.15, 0.2) is 0 Å². The Kier molecular flexibility index (Phi) is 9.05. The molecule has 11 rings (SSSR count). The van der Waals surface area contributed by atoms with Gasteiger partial charge in [-0.05, 0) is 128 Å². The number of hydrogen-bond acceptors (Lipinski definition) is 10. The first kappa shape index (κ1) is 33.0. The van der Waals surface area contributed by atoms with Gasteiger partial charge in [0.15, 0.2) is 0 Å². The Morgan fingerprint density at radius 2 is 0.360 bits per heavy atom. The van der Waals surface area contributed by atoms with Gasteiger partial charge in [-0.25, -0.2) is 0 Å². The summed E-state index contributed by atoms with van der Waals surface area (Å²) in [5.74, 6) is 0. The van der Waals surface area contributed by atoms with Gasteiger partial charge in [-0.1, -0.05) is 0 Å². The summed E-state index contributed by atoms with van der Waals surface area (Å²) in [7, 11) is 0.